The normalized spacial score (nSPS) is 17.3. The van der Waals surface area contributed by atoms with E-state index in [1.165, 1.54) is 0 Å². The average molecular weight is 376 g/mol. The van der Waals surface area contributed by atoms with E-state index in [0.29, 0.717) is 36.6 Å². The van der Waals surface area contributed by atoms with Gasteiger partial charge in [0.25, 0.3) is 5.91 Å². The number of carbonyl (C=O) groups excluding carboxylic acids is 1. The molecule has 1 aromatic heterocycles. The number of carbonyl (C=O) groups is 2. The molecular formula is C19H22ClN3O3. The van der Waals surface area contributed by atoms with Crippen molar-refractivity contribution >= 4 is 23.5 Å². The molecule has 1 saturated heterocycles. The molecule has 7 heteroatoms. The summed E-state index contributed by atoms with van der Waals surface area (Å²) in [6, 6.07) is 7.56. The fourth-order valence-corrected chi connectivity index (χ4v) is 3.55. The van der Waals surface area contributed by atoms with Crippen molar-refractivity contribution in [1.29, 1.82) is 0 Å². The number of hydrogen-bond acceptors (Lipinski definition) is 3. The van der Waals surface area contributed by atoms with Crippen LogP contribution in [0.3, 0.4) is 0 Å². The van der Waals surface area contributed by atoms with Crippen LogP contribution in [0.25, 0.3) is 0 Å². The fraction of sp³-hybridized carbons (Fsp3) is 0.421. The molecule has 0 spiro atoms. The van der Waals surface area contributed by atoms with Gasteiger partial charge in [-0.15, -0.1) is 0 Å². The van der Waals surface area contributed by atoms with Gasteiger partial charge in [-0.25, -0.2) is 0 Å². The topological polar surface area (TPSA) is 75.4 Å². The molecule has 1 N–H and O–H groups in total. The molecule has 3 rings (SSSR count). The number of aliphatic carboxylic acids is 1. The fourth-order valence-electron chi connectivity index (χ4n) is 3.36. The van der Waals surface area contributed by atoms with E-state index in [1.54, 1.807) is 17.1 Å². The van der Waals surface area contributed by atoms with Gasteiger partial charge >= 0.3 is 5.97 Å². The van der Waals surface area contributed by atoms with Crippen molar-refractivity contribution in [3.8, 4) is 0 Å². The number of carboxylic acid groups (broad SMARTS) is 1. The molecule has 138 valence electrons. The van der Waals surface area contributed by atoms with Gasteiger partial charge in [-0.05, 0) is 36.8 Å². The van der Waals surface area contributed by atoms with E-state index in [9.17, 15) is 9.59 Å². The number of likely N-dealkylation sites (tertiary alicyclic amines) is 1. The predicted octanol–water partition coefficient (Wildman–Crippen LogP) is 3.30. The minimum absolute atomic E-state index is 0.0459. The maximum Gasteiger partial charge on any atom is 0.303 e. The van der Waals surface area contributed by atoms with Crippen LogP contribution in [0.15, 0.2) is 36.7 Å². The summed E-state index contributed by atoms with van der Waals surface area (Å²) in [5, 5.41) is 13.8. The molecule has 2 heterocycles. The van der Waals surface area contributed by atoms with Crippen LogP contribution >= 0.6 is 11.6 Å². The van der Waals surface area contributed by atoms with Crippen molar-refractivity contribution in [3.63, 3.8) is 0 Å². The van der Waals surface area contributed by atoms with Gasteiger partial charge in [0.1, 0.15) is 0 Å². The first kappa shape index (κ1) is 18.5. The molecule has 1 amide bonds. The van der Waals surface area contributed by atoms with Crippen molar-refractivity contribution in [3.05, 3.63) is 52.8 Å². The lowest BCUT2D eigenvalue weighted by molar-refractivity contribution is -0.137. The number of benzene rings is 1. The highest BCUT2D eigenvalue weighted by Crippen LogP contribution is 2.23. The van der Waals surface area contributed by atoms with Gasteiger partial charge in [-0.2, -0.15) is 5.10 Å². The zero-order valence-corrected chi connectivity index (χ0v) is 15.2. The molecule has 0 bridgehead atoms. The van der Waals surface area contributed by atoms with Gasteiger partial charge in [0.15, 0.2) is 0 Å². The quantitative estimate of drug-likeness (QED) is 0.840. The molecule has 1 fully saturated rings. The van der Waals surface area contributed by atoms with Crippen LogP contribution < -0.4 is 0 Å². The second kappa shape index (κ2) is 8.36. The summed E-state index contributed by atoms with van der Waals surface area (Å²) in [7, 11) is 0. The van der Waals surface area contributed by atoms with E-state index in [2.05, 4.69) is 5.10 Å². The number of rotatable bonds is 6. The smallest absolute Gasteiger partial charge is 0.303 e. The molecule has 0 aliphatic carbocycles. The minimum atomic E-state index is -0.783. The highest BCUT2D eigenvalue weighted by Gasteiger charge is 2.25. The van der Waals surface area contributed by atoms with Crippen molar-refractivity contribution in [1.82, 2.24) is 14.7 Å². The largest absolute Gasteiger partial charge is 0.481 e. The van der Waals surface area contributed by atoms with Crippen molar-refractivity contribution in [2.75, 3.05) is 13.1 Å². The van der Waals surface area contributed by atoms with E-state index in [4.69, 9.17) is 16.7 Å². The SMILES string of the molecule is O=C(O)CCC1CCCN(C(=O)c2cnn(Cc3ccccc3Cl)c2)C1. The maximum atomic E-state index is 12.7. The number of nitrogens with zero attached hydrogens (tertiary/aromatic N) is 3. The lowest BCUT2D eigenvalue weighted by atomic mass is 9.93. The summed E-state index contributed by atoms with van der Waals surface area (Å²) in [6.07, 6.45) is 5.98. The Morgan fingerprint density at radius 1 is 1.31 bits per heavy atom. The zero-order chi connectivity index (χ0) is 18.5. The Morgan fingerprint density at radius 2 is 2.12 bits per heavy atom. The third kappa shape index (κ3) is 4.64. The third-order valence-corrected chi connectivity index (χ3v) is 5.11. The van der Waals surface area contributed by atoms with Gasteiger partial charge in [-0.3, -0.25) is 14.3 Å². The van der Waals surface area contributed by atoms with Crippen LogP contribution in [0.5, 0.6) is 0 Å². The number of amides is 1. The first-order valence-corrected chi connectivity index (χ1v) is 9.17. The molecule has 1 aromatic carbocycles. The highest BCUT2D eigenvalue weighted by molar-refractivity contribution is 6.31. The molecule has 1 atom stereocenters. The van der Waals surface area contributed by atoms with E-state index >= 15 is 0 Å². The van der Waals surface area contributed by atoms with Gasteiger partial charge in [0.2, 0.25) is 0 Å². The van der Waals surface area contributed by atoms with Gasteiger partial charge in [-0.1, -0.05) is 29.8 Å². The van der Waals surface area contributed by atoms with Crippen LogP contribution in [0, 0.1) is 5.92 Å². The van der Waals surface area contributed by atoms with Crippen molar-refractivity contribution in [2.45, 2.75) is 32.2 Å². The molecule has 6 nitrogen and oxygen atoms in total. The summed E-state index contributed by atoms with van der Waals surface area (Å²) in [4.78, 5) is 25.3. The van der Waals surface area contributed by atoms with Crippen LogP contribution in [-0.4, -0.2) is 44.8 Å². The molecule has 1 aliphatic heterocycles. The molecule has 1 aliphatic rings. The third-order valence-electron chi connectivity index (χ3n) is 4.74. The number of piperidine rings is 1. The first-order valence-electron chi connectivity index (χ1n) is 8.80. The van der Waals surface area contributed by atoms with E-state index in [1.807, 2.05) is 29.2 Å². The molecule has 26 heavy (non-hydrogen) atoms. The van der Waals surface area contributed by atoms with Crippen molar-refractivity contribution < 1.29 is 14.7 Å². The van der Waals surface area contributed by atoms with Crippen LogP contribution in [0.4, 0.5) is 0 Å². The second-order valence-electron chi connectivity index (χ2n) is 6.71. The Labute approximate surface area is 157 Å². The Kier molecular flexibility index (Phi) is 5.93. The average Bonchev–Trinajstić information content (AvgIpc) is 3.10. The summed E-state index contributed by atoms with van der Waals surface area (Å²) in [5.74, 6) is -0.577. The first-order chi connectivity index (χ1) is 12.5. The van der Waals surface area contributed by atoms with Crippen LogP contribution in [0.2, 0.25) is 5.02 Å². The predicted molar refractivity (Wildman–Crippen MR) is 98.3 cm³/mol. The summed E-state index contributed by atoms with van der Waals surface area (Å²) in [5.41, 5.74) is 1.50. The zero-order valence-electron chi connectivity index (χ0n) is 14.5. The molecular weight excluding hydrogens is 354 g/mol. The molecule has 0 saturated carbocycles. The molecule has 0 radical (unpaired) electrons. The van der Waals surface area contributed by atoms with Gasteiger partial charge in [0, 0.05) is 30.7 Å². The van der Waals surface area contributed by atoms with E-state index < -0.39 is 5.97 Å². The van der Waals surface area contributed by atoms with Gasteiger partial charge in [0.05, 0.1) is 18.3 Å². The minimum Gasteiger partial charge on any atom is -0.481 e. The number of aromatic nitrogens is 2. The van der Waals surface area contributed by atoms with E-state index in [0.717, 1.165) is 18.4 Å². The van der Waals surface area contributed by atoms with Crippen LogP contribution in [-0.2, 0) is 11.3 Å². The Hall–Kier alpha value is -2.34. The van der Waals surface area contributed by atoms with E-state index in [-0.39, 0.29) is 18.2 Å². The standard InChI is InChI=1S/C19H22ClN3O3/c20-17-6-2-1-5-15(17)12-23-13-16(10-21-23)19(26)22-9-3-4-14(11-22)7-8-18(24)25/h1-2,5-6,10,13-14H,3-4,7-9,11-12H2,(H,24,25). The van der Waals surface area contributed by atoms with Crippen LogP contribution in [0.1, 0.15) is 41.6 Å². The Balaban J connectivity index is 1.62. The highest BCUT2D eigenvalue weighted by atomic mass is 35.5. The number of hydrogen-bond donors (Lipinski definition) is 1. The number of carboxylic acids is 1. The number of halogens is 1. The van der Waals surface area contributed by atoms with Gasteiger partial charge < -0.3 is 10.0 Å². The summed E-state index contributed by atoms with van der Waals surface area (Å²) < 4.78 is 1.71. The lowest BCUT2D eigenvalue weighted by Gasteiger charge is -2.32. The second-order valence-corrected chi connectivity index (χ2v) is 7.12. The Morgan fingerprint density at radius 3 is 2.88 bits per heavy atom. The molecule has 1 unspecified atom stereocenters. The van der Waals surface area contributed by atoms with Crippen molar-refractivity contribution in [2.24, 2.45) is 5.92 Å². The summed E-state index contributed by atoms with van der Waals surface area (Å²) >= 11 is 6.18. The Bertz CT molecular complexity index is 790. The summed E-state index contributed by atoms with van der Waals surface area (Å²) in [6.45, 7) is 1.83. The molecule has 2 aromatic rings. The lowest BCUT2D eigenvalue weighted by Crippen LogP contribution is -2.40. The maximum absolute atomic E-state index is 12.7. The monoisotopic (exact) mass is 375 g/mol.